The van der Waals surface area contributed by atoms with Gasteiger partial charge in [0.05, 0.1) is 17.6 Å². The zero-order chi connectivity index (χ0) is 22.9. The van der Waals surface area contributed by atoms with Gasteiger partial charge in [0.25, 0.3) is 0 Å². The number of aromatic nitrogens is 2. The predicted octanol–water partition coefficient (Wildman–Crippen LogP) is 8.44. The molecule has 0 saturated heterocycles. The monoisotopic (exact) mass is 430 g/mol. The molecule has 0 unspecified atom stereocenters. The molecule has 0 aliphatic heterocycles. The normalized spacial score (nSPS) is 16.8. The van der Waals surface area contributed by atoms with Crippen LogP contribution in [0.1, 0.15) is 70.4 Å². The molecule has 4 rings (SSSR count). The first-order valence-electron chi connectivity index (χ1n) is 11.9. The summed E-state index contributed by atoms with van der Waals surface area (Å²) < 4.78 is 17.9. The van der Waals surface area contributed by atoms with Crippen molar-refractivity contribution in [2.45, 2.75) is 78.4 Å². The lowest BCUT2D eigenvalue weighted by Crippen LogP contribution is -2.31. The van der Waals surface area contributed by atoms with Crippen LogP contribution in [0, 0.1) is 6.92 Å². The number of hydrogen-bond acceptors (Lipinski definition) is 1. The Balaban J connectivity index is 1.89. The SMILES string of the molecule is C=C(C)/C(=C(/C)CC)c1cnc2c(-c3ccc(C)cc3)cn(CC3(F)CCCCC3)c2c1. The van der Waals surface area contributed by atoms with E-state index in [9.17, 15) is 0 Å². The lowest BCUT2D eigenvalue weighted by Gasteiger charge is -2.30. The van der Waals surface area contributed by atoms with E-state index >= 15 is 4.39 Å². The Labute approximate surface area is 191 Å². The van der Waals surface area contributed by atoms with Gasteiger partial charge in [0.1, 0.15) is 5.67 Å². The maximum absolute atomic E-state index is 15.8. The van der Waals surface area contributed by atoms with Crippen molar-refractivity contribution in [3.63, 3.8) is 0 Å². The molecular weight excluding hydrogens is 395 g/mol. The first-order chi connectivity index (χ1) is 15.3. The molecule has 1 fully saturated rings. The number of allylic oxidation sites excluding steroid dienone is 3. The number of rotatable bonds is 6. The molecule has 0 atom stereocenters. The minimum absolute atomic E-state index is 0.388. The Morgan fingerprint density at radius 3 is 2.44 bits per heavy atom. The third-order valence-corrected chi connectivity index (χ3v) is 6.96. The summed E-state index contributed by atoms with van der Waals surface area (Å²) in [7, 11) is 0. The Bertz CT molecular complexity index is 1160. The Kier molecular flexibility index (Phi) is 6.37. The van der Waals surface area contributed by atoms with E-state index in [2.05, 4.69) is 68.4 Å². The van der Waals surface area contributed by atoms with Gasteiger partial charge in [0.15, 0.2) is 0 Å². The van der Waals surface area contributed by atoms with Crippen LogP contribution in [0.3, 0.4) is 0 Å². The van der Waals surface area contributed by atoms with Gasteiger partial charge in [-0.2, -0.15) is 0 Å². The fourth-order valence-electron chi connectivity index (χ4n) is 5.06. The standard InChI is InChI=1S/C29H35FN2/c1-6-22(5)27(20(2)3)24-16-26-28(31-17-24)25(23-12-10-21(4)11-13-23)18-32(26)19-29(30)14-8-7-9-15-29/h10-13,16-18H,2,6-9,14-15,19H2,1,3-5H3/b27-22+. The summed E-state index contributed by atoms with van der Waals surface area (Å²) >= 11 is 0. The van der Waals surface area contributed by atoms with Crippen LogP contribution < -0.4 is 0 Å². The van der Waals surface area contributed by atoms with Crippen molar-refractivity contribution < 1.29 is 4.39 Å². The van der Waals surface area contributed by atoms with Gasteiger partial charge in [-0.3, -0.25) is 4.98 Å². The van der Waals surface area contributed by atoms with Gasteiger partial charge < -0.3 is 4.57 Å². The van der Waals surface area contributed by atoms with Crippen molar-refractivity contribution in [2.24, 2.45) is 0 Å². The van der Waals surface area contributed by atoms with Crippen LogP contribution in [0.25, 0.3) is 27.7 Å². The van der Waals surface area contributed by atoms with Crippen LogP contribution in [0.2, 0.25) is 0 Å². The van der Waals surface area contributed by atoms with Gasteiger partial charge in [0.2, 0.25) is 0 Å². The summed E-state index contributed by atoms with van der Waals surface area (Å²) in [6.07, 6.45) is 9.41. The largest absolute Gasteiger partial charge is 0.342 e. The predicted molar refractivity (Wildman–Crippen MR) is 135 cm³/mol. The molecule has 0 N–H and O–H groups in total. The average Bonchev–Trinajstić information content (AvgIpc) is 3.11. The molecule has 2 nitrogen and oxygen atoms in total. The first-order valence-corrected chi connectivity index (χ1v) is 11.9. The minimum Gasteiger partial charge on any atom is -0.342 e. The second-order valence-electron chi connectivity index (χ2n) is 9.63. The number of alkyl halides is 1. The highest BCUT2D eigenvalue weighted by molar-refractivity contribution is 5.95. The number of benzene rings is 1. The van der Waals surface area contributed by atoms with E-state index in [-0.39, 0.29) is 0 Å². The molecule has 3 aromatic rings. The molecule has 0 radical (unpaired) electrons. The third-order valence-electron chi connectivity index (χ3n) is 6.96. The third kappa shape index (κ3) is 4.44. The fraction of sp³-hybridized carbons (Fsp3) is 0.414. The summed E-state index contributed by atoms with van der Waals surface area (Å²) in [5.41, 5.74) is 8.78. The number of hydrogen-bond donors (Lipinski definition) is 0. The van der Waals surface area contributed by atoms with Gasteiger partial charge >= 0.3 is 0 Å². The van der Waals surface area contributed by atoms with Gasteiger partial charge in [-0.25, -0.2) is 4.39 Å². The van der Waals surface area contributed by atoms with Crippen molar-refractivity contribution in [2.75, 3.05) is 0 Å². The molecule has 0 bridgehead atoms. The highest BCUT2D eigenvalue weighted by atomic mass is 19.1. The van der Waals surface area contributed by atoms with Crippen molar-refractivity contribution in [1.82, 2.24) is 9.55 Å². The number of fused-ring (bicyclic) bond motifs is 1. The van der Waals surface area contributed by atoms with Crippen LogP contribution >= 0.6 is 0 Å². The molecule has 32 heavy (non-hydrogen) atoms. The van der Waals surface area contributed by atoms with Crippen LogP contribution in [-0.2, 0) is 6.54 Å². The van der Waals surface area contributed by atoms with Gasteiger partial charge in [-0.15, -0.1) is 0 Å². The number of nitrogens with zero attached hydrogens (tertiary/aromatic N) is 2. The van der Waals surface area contributed by atoms with Crippen molar-refractivity contribution in [3.05, 3.63) is 71.6 Å². The number of pyridine rings is 1. The van der Waals surface area contributed by atoms with Crippen LogP contribution in [-0.4, -0.2) is 15.2 Å². The second kappa shape index (κ2) is 9.05. The average molecular weight is 431 g/mol. The van der Waals surface area contributed by atoms with Crippen LogP contribution in [0.4, 0.5) is 4.39 Å². The topological polar surface area (TPSA) is 17.8 Å². The molecule has 0 spiro atoms. The molecule has 1 aliphatic carbocycles. The van der Waals surface area contributed by atoms with E-state index in [1.165, 1.54) is 16.7 Å². The Hall–Kier alpha value is -2.68. The Morgan fingerprint density at radius 2 is 1.81 bits per heavy atom. The lowest BCUT2D eigenvalue weighted by atomic mass is 9.86. The number of halogens is 1. The van der Waals surface area contributed by atoms with E-state index in [0.29, 0.717) is 19.4 Å². The summed E-state index contributed by atoms with van der Waals surface area (Å²) in [4.78, 5) is 4.92. The maximum Gasteiger partial charge on any atom is 0.128 e. The molecule has 2 heterocycles. The highest BCUT2D eigenvalue weighted by Gasteiger charge is 2.33. The zero-order valence-electron chi connectivity index (χ0n) is 20.0. The lowest BCUT2D eigenvalue weighted by molar-refractivity contribution is 0.0873. The second-order valence-corrected chi connectivity index (χ2v) is 9.63. The highest BCUT2D eigenvalue weighted by Crippen LogP contribution is 2.38. The van der Waals surface area contributed by atoms with E-state index in [4.69, 9.17) is 4.98 Å². The van der Waals surface area contributed by atoms with Crippen molar-refractivity contribution >= 4 is 16.6 Å². The smallest absolute Gasteiger partial charge is 0.128 e. The van der Waals surface area contributed by atoms with Gasteiger partial charge in [0, 0.05) is 23.5 Å². The summed E-state index contributed by atoms with van der Waals surface area (Å²) in [5, 5.41) is 0. The van der Waals surface area contributed by atoms with E-state index in [1.54, 1.807) is 0 Å². The molecular formula is C29H35FN2. The zero-order valence-corrected chi connectivity index (χ0v) is 20.0. The first kappa shape index (κ1) is 22.5. The molecule has 168 valence electrons. The maximum atomic E-state index is 15.8. The Morgan fingerprint density at radius 1 is 1.12 bits per heavy atom. The number of aryl methyl sites for hydroxylation is 1. The van der Waals surface area contributed by atoms with Gasteiger partial charge in [-0.1, -0.05) is 73.7 Å². The fourth-order valence-corrected chi connectivity index (χ4v) is 5.06. The van der Waals surface area contributed by atoms with Crippen molar-refractivity contribution in [3.8, 4) is 11.1 Å². The summed E-state index contributed by atoms with van der Waals surface area (Å²) in [5.74, 6) is 0. The van der Waals surface area contributed by atoms with Crippen LogP contribution in [0.15, 0.2) is 60.5 Å². The molecule has 1 aromatic carbocycles. The summed E-state index contributed by atoms with van der Waals surface area (Å²) in [6.45, 7) is 13.1. The minimum atomic E-state index is -1.14. The van der Waals surface area contributed by atoms with E-state index < -0.39 is 5.67 Å². The molecule has 0 amide bonds. The quantitative estimate of drug-likeness (QED) is 0.359. The molecule has 3 heteroatoms. The van der Waals surface area contributed by atoms with E-state index in [0.717, 1.165) is 59.0 Å². The van der Waals surface area contributed by atoms with Crippen molar-refractivity contribution in [1.29, 1.82) is 0 Å². The molecule has 1 aliphatic rings. The molecule has 1 saturated carbocycles. The summed E-state index contributed by atoms with van der Waals surface area (Å²) in [6, 6.07) is 10.7. The van der Waals surface area contributed by atoms with Gasteiger partial charge in [-0.05, 0) is 57.2 Å². The molecule has 2 aromatic heterocycles. The van der Waals surface area contributed by atoms with Crippen LogP contribution in [0.5, 0.6) is 0 Å². The van der Waals surface area contributed by atoms with E-state index in [1.807, 2.05) is 13.1 Å².